The Balaban J connectivity index is 1.33. The number of pyridine rings is 1. The van der Waals surface area contributed by atoms with Gasteiger partial charge in [0.25, 0.3) is 0 Å². The molecule has 9 nitrogen and oxygen atoms in total. The predicted octanol–water partition coefficient (Wildman–Crippen LogP) is 6.74. The average molecular weight is 543 g/mol. The number of amides is 3. The highest BCUT2D eigenvalue weighted by Gasteiger charge is 2.21. The first-order valence-electron chi connectivity index (χ1n) is 12.7. The Kier molecular flexibility index (Phi) is 7.56. The first kappa shape index (κ1) is 26.3. The van der Waals surface area contributed by atoms with Gasteiger partial charge < -0.3 is 15.4 Å². The van der Waals surface area contributed by atoms with E-state index in [2.05, 4.69) is 34.8 Å². The quantitative estimate of drug-likeness (QED) is 0.223. The number of fused-ring (bicyclic) bond motifs is 1. The van der Waals surface area contributed by atoms with Crippen LogP contribution in [0, 0.1) is 6.92 Å². The molecule has 5 rings (SSSR count). The van der Waals surface area contributed by atoms with E-state index < -0.39 is 0 Å². The number of urea groups is 1. The van der Waals surface area contributed by atoms with Gasteiger partial charge in [-0.15, -0.1) is 11.8 Å². The largest absolute Gasteiger partial charge is 0.457 e. The topological polar surface area (TPSA) is 110 Å². The molecule has 3 amide bonds. The van der Waals surface area contributed by atoms with E-state index in [1.54, 1.807) is 23.0 Å². The Morgan fingerprint density at radius 1 is 1.08 bits per heavy atom. The molecule has 200 valence electrons. The van der Waals surface area contributed by atoms with Crippen LogP contribution >= 0.6 is 11.8 Å². The highest BCUT2D eigenvalue weighted by atomic mass is 32.2. The molecule has 0 aliphatic carbocycles. The van der Waals surface area contributed by atoms with Crippen molar-refractivity contribution in [2.45, 2.75) is 44.4 Å². The summed E-state index contributed by atoms with van der Waals surface area (Å²) in [5.41, 5.74) is 4.43. The molecule has 3 heterocycles. The van der Waals surface area contributed by atoms with Gasteiger partial charge in [0, 0.05) is 29.1 Å². The minimum Gasteiger partial charge on any atom is -0.457 e. The van der Waals surface area contributed by atoms with Crippen molar-refractivity contribution in [3.8, 4) is 17.2 Å². The van der Waals surface area contributed by atoms with Crippen LogP contribution in [0.4, 0.5) is 22.1 Å². The lowest BCUT2D eigenvalue weighted by molar-refractivity contribution is -0.116. The molecule has 0 radical (unpaired) electrons. The molecule has 1 aliphatic rings. The standard InChI is InChI=1S/C29H30N6O3S/c1-17(2)23-16-26(35(34-23)19-7-5-18(3)6-8-19)32-29(37)31-22-11-9-20(15-25(22)39-4)38-24-13-14-30-28-21(24)10-12-27(36)33-28/h5-9,11,13-17H,10,12H2,1-4H3,(H,30,33,36)(H2,31,32,37). The number of aromatic nitrogens is 3. The molecule has 0 unspecified atom stereocenters. The van der Waals surface area contributed by atoms with Crippen LogP contribution in [0.1, 0.15) is 43.0 Å². The third-order valence-electron chi connectivity index (χ3n) is 6.36. The molecule has 2 aromatic heterocycles. The molecule has 0 fully saturated rings. The molecule has 1 aliphatic heterocycles. The fourth-order valence-electron chi connectivity index (χ4n) is 4.24. The molecule has 0 atom stereocenters. The normalized spacial score (nSPS) is 12.6. The Morgan fingerprint density at radius 2 is 1.87 bits per heavy atom. The second kappa shape index (κ2) is 11.2. The first-order chi connectivity index (χ1) is 18.8. The molecule has 10 heteroatoms. The lowest BCUT2D eigenvalue weighted by Crippen LogP contribution is -2.21. The maximum atomic E-state index is 13.1. The molecular weight excluding hydrogens is 512 g/mol. The summed E-state index contributed by atoms with van der Waals surface area (Å²) in [6.07, 6.45) is 4.51. The van der Waals surface area contributed by atoms with Crippen molar-refractivity contribution in [3.63, 3.8) is 0 Å². The zero-order valence-corrected chi connectivity index (χ0v) is 23.1. The highest BCUT2D eigenvalue weighted by Crippen LogP contribution is 2.36. The molecule has 3 N–H and O–H groups in total. The van der Waals surface area contributed by atoms with E-state index in [9.17, 15) is 9.59 Å². The number of thioether (sulfide) groups is 1. The van der Waals surface area contributed by atoms with E-state index in [0.29, 0.717) is 41.7 Å². The van der Waals surface area contributed by atoms with Crippen molar-refractivity contribution >= 4 is 41.0 Å². The SMILES string of the molecule is CSc1cc(Oc2ccnc3c2CCC(=O)N3)ccc1NC(=O)Nc1cc(C(C)C)nn1-c1ccc(C)cc1. The maximum Gasteiger partial charge on any atom is 0.324 e. The van der Waals surface area contributed by atoms with Crippen molar-refractivity contribution in [2.75, 3.05) is 22.2 Å². The van der Waals surface area contributed by atoms with Crippen LogP contribution in [0.2, 0.25) is 0 Å². The third-order valence-corrected chi connectivity index (χ3v) is 7.14. The lowest BCUT2D eigenvalue weighted by atomic mass is 10.1. The monoisotopic (exact) mass is 542 g/mol. The summed E-state index contributed by atoms with van der Waals surface area (Å²) in [7, 11) is 0. The van der Waals surface area contributed by atoms with Gasteiger partial charge in [-0.25, -0.2) is 14.5 Å². The number of nitrogens with one attached hydrogen (secondary N) is 3. The number of carbonyl (C=O) groups is 2. The number of carbonyl (C=O) groups excluding carboxylic acids is 2. The number of aryl methyl sites for hydroxylation is 1. The predicted molar refractivity (Wildman–Crippen MR) is 155 cm³/mol. The van der Waals surface area contributed by atoms with Gasteiger partial charge in [-0.3, -0.25) is 10.1 Å². The number of hydrogen-bond donors (Lipinski definition) is 3. The van der Waals surface area contributed by atoms with E-state index in [0.717, 1.165) is 27.4 Å². The first-order valence-corrected chi connectivity index (χ1v) is 13.9. The van der Waals surface area contributed by atoms with Crippen molar-refractivity contribution < 1.29 is 14.3 Å². The Morgan fingerprint density at radius 3 is 2.62 bits per heavy atom. The highest BCUT2D eigenvalue weighted by molar-refractivity contribution is 7.98. The van der Waals surface area contributed by atoms with Gasteiger partial charge in [-0.2, -0.15) is 5.10 Å². The smallest absolute Gasteiger partial charge is 0.324 e. The Bertz CT molecular complexity index is 1530. The van der Waals surface area contributed by atoms with E-state index in [1.807, 2.05) is 55.6 Å². The molecule has 0 saturated heterocycles. The fourth-order valence-corrected chi connectivity index (χ4v) is 4.81. The number of benzene rings is 2. The minimum atomic E-state index is -0.374. The zero-order valence-electron chi connectivity index (χ0n) is 22.2. The Hall–Kier alpha value is -4.31. The van der Waals surface area contributed by atoms with Gasteiger partial charge in [0.1, 0.15) is 23.1 Å². The van der Waals surface area contributed by atoms with Crippen LogP contribution in [0.15, 0.2) is 65.7 Å². The molecule has 2 aromatic carbocycles. The summed E-state index contributed by atoms with van der Waals surface area (Å²) < 4.78 is 7.91. The number of anilines is 3. The fraction of sp³-hybridized carbons (Fsp3) is 0.241. The van der Waals surface area contributed by atoms with Crippen LogP contribution in [0.3, 0.4) is 0 Å². The van der Waals surface area contributed by atoms with Gasteiger partial charge in [0.2, 0.25) is 5.91 Å². The van der Waals surface area contributed by atoms with Gasteiger partial charge in [0.05, 0.1) is 17.1 Å². The maximum absolute atomic E-state index is 13.1. The van der Waals surface area contributed by atoms with E-state index in [-0.39, 0.29) is 17.9 Å². The molecular formula is C29H30N6O3S. The third kappa shape index (κ3) is 5.91. The second-order valence-electron chi connectivity index (χ2n) is 9.58. The Labute approximate surface area is 231 Å². The summed E-state index contributed by atoms with van der Waals surface area (Å²) in [5.74, 6) is 2.55. The second-order valence-corrected chi connectivity index (χ2v) is 10.4. The average Bonchev–Trinajstić information content (AvgIpc) is 3.33. The number of ether oxygens (including phenoxy) is 1. The number of nitrogens with zero attached hydrogens (tertiary/aromatic N) is 3. The lowest BCUT2D eigenvalue weighted by Gasteiger charge is -2.19. The molecule has 39 heavy (non-hydrogen) atoms. The van der Waals surface area contributed by atoms with E-state index >= 15 is 0 Å². The van der Waals surface area contributed by atoms with Gasteiger partial charge in [-0.05, 0) is 61.9 Å². The summed E-state index contributed by atoms with van der Waals surface area (Å²) in [6, 6.07) is 16.8. The van der Waals surface area contributed by atoms with Crippen LogP contribution in [-0.2, 0) is 11.2 Å². The summed E-state index contributed by atoms with van der Waals surface area (Å²) in [5, 5.41) is 13.4. The molecule has 0 saturated carbocycles. The number of rotatable bonds is 7. The van der Waals surface area contributed by atoms with Crippen LogP contribution in [0.25, 0.3) is 5.69 Å². The van der Waals surface area contributed by atoms with E-state index in [1.165, 1.54) is 11.8 Å². The van der Waals surface area contributed by atoms with Crippen LogP contribution < -0.4 is 20.7 Å². The zero-order chi connectivity index (χ0) is 27.5. The van der Waals surface area contributed by atoms with Gasteiger partial charge >= 0.3 is 6.03 Å². The molecule has 0 bridgehead atoms. The summed E-state index contributed by atoms with van der Waals surface area (Å²) in [4.78, 5) is 29.9. The molecule has 4 aromatic rings. The van der Waals surface area contributed by atoms with Gasteiger partial charge in [-0.1, -0.05) is 31.5 Å². The van der Waals surface area contributed by atoms with Crippen LogP contribution in [-0.4, -0.2) is 33.0 Å². The molecule has 0 spiro atoms. The van der Waals surface area contributed by atoms with Crippen molar-refractivity contribution in [2.24, 2.45) is 0 Å². The van der Waals surface area contributed by atoms with Crippen molar-refractivity contribution in [3.05, 3.63) is 77.6 Å². The van der Waals surface area contributed by atoms with E-state index in [4.69, 9.17) is 9.84 Å². The summed E-state index contributed by atoms with van der Waals surface area (Å²) in [6.45, 7) is 6.17. The minimum absolute atomic E-state index is 0.0483. The van der Waals surface area contributed by atoms with Crippen molar-refractivity contribution in [1.82, 2.24) is 14.8 Å². The van der Waals surface area contributed by atoms with Crippen LogP contribution in [0.5, 0.6) is 11.5 Å². The summed E-state index contributed by atoms with van der Waals surface area (Å²) >= 11 is 1.50. The number of hydrogen-bond acceptors (Lipinski definition) is 6. The van der Waals surface area contributed by atoms with Crippen molar-refractivity contribution in [1.29, 1.82) is 0 Å². The van der Waals surface area contributed by atoms with Gasteiger partial charge in [0.15, 0.2) is 0 Å².